The lowest BCUT2D eigenvalue weighted by Crippen LogP contribution is -2.46. The molecule has 0 radical (unpaired) electrons. The number of hydrogen-bond donors (Lipinski definition) is 0. The maximum atomic E-state index is 13.3. The Labute approximate surface area is 189 Å². The van der Waals surface area contributed by atoms with Gasteiger partial charge in [-0.1, -0.05) is 34.7 Å². The molecule has 0 spiro atoms. The van der Waals surface area contributed by atoms with E-state index in [0.29, 0.717) is 10.5 Å². The normalized spacial score (nSPS) is 17.4. The second kappa shape index (κ2) is 8.36. The Kier molecular flexibility index (Phi) is 6.52. The molecule has 0 bridgehead atoms. The van der Waals surface area contributed by atoms with Crippen LogP contribution in [0.3, 0.4) is 0 Å². The van der Waals surface area contributed by atoms with Gasteiger partial charge in [0.2, 0.25) is 9.05 Å². The van der Waals surface area contributed by atoms with Crippen LogP contribution in [0.25, 0.3) is 0 Å². The van der Waals surface area contributed by atoms with Crippen LogP contribution >= 0.6 is 33.3 Å². The second-order valence-corrected chi connectivity index (χ2v) is 11.9. The summed E-state index contributed by atoms with van der Waals surface area (Å²) in [5.41, 5.74) is -0.242. The lowest BCUT2D eigenvalue weighted by atomic mass is 10.1. The Morgan fingerprint density at radius 2 is 1.83 bits per heavy atom. The molecule has 1 aliphatic heterocycles. The van der Waals surface area contributed by atoms with Gasteiger partial charge in [0.05, 0.1) is 22.7 Å². The molecule has 0 saturated carbocycles. The van der Waals surface area contributed by atoms with Crippen molar-refractivity contribution < 1.29 is 34.7 Å². The van der Waals surface area contributed by atoms with Crippen molar-refractivity contribution in [2.45, 2.75) is 21.6 Å². The molecule has 164 valence electrons. The molecule has 13 heteroatoms. The van der Waals surface area contributed by atoms with Crippen molar-refractivity contribution in [1.82, 2.24) is 0 Å². The maximum Gasteiger partial charge on any atom is 0.416 e. The monoisotopic (exact) mass is 595 g/mol. The molecule has 0 N–H and O–H groups in total. The van der Waals surface area contributed by atoms with Crippen molar-refractivity contribution in [1.29, 1.82) is 0 Å². The Balaban J connectivity index is 2.12. The minimum absolute atomic E-state index is 0.0933. The van der Waals surface area contributed by atoms with Gasteiger partial charge in [0, 0.05) is 15.1 Å². The summed E-state index contributed by atoms with van der Waals surface area (Å²) in [6, 6.07) is 8.07. The molecule has 0 aromatic heterocycles. The Bertz CT molecular complexity index is 1170. The number of rotatable bonds is 5. The number of benzene rings is 2. The van der Waals surface area contributed by atoms with Gasteiger partial charge in [-0.25, -0.2) is 16.8 Å². The zero-order valence-electron chi connectivity index (χ0n) is 14.9. The third kappa shape index (κ3) is 5.14. The number of sulfonamides is 1. The standard InChI is InChI=1S/C17H14ClF3INO5S2/c18-29(24,25)10-13-9-23(15-6-11(8-22)4-5-16(15)28-13)30(26,27)14-3-1-2-12(7-14)17(19,20)21/h1-7,13H,8-10H2/t13-/m1/s1. The highest BCUT2D eigenvalue weighted by atomic mass is 127. The molecule has 1 heterocycles. The second-order valence-electron chi connectivity index (χ2n) is 6.44. The lowest BCUT2D eigenvalue weighted by Gasteiger charge is -2.35. The van der Waals surface area contributed by atoms with E-state index in [4.69, 9.17) is 15.4 Å². The first-order valence-electron chi connectivity index (χ1n) is 8.29. The molecule has 0 aliphatic carbocycles. The van der Waals surface area contributed by atoms with E-state index in [9.17, 15) is 30.0 Å². The fourth-order valence-electron chi connectivity index (χ4n) is 2.94. The molecule has 0 amide bonds. The molecule has 0 saturated heterocycles. The van der Waals surface area contributed by atoms with Gasteiger partial charge in [-0.05, 0) is 35.9 Å². The van der Waals surface area contributed by atoms with Crippen LogP contribution in [0.4, 0.5) is 18.9 Å². The van der Waals surface area contributed by atoms with Crippen LogP contribution in [-0.2, 0) is 29.7 Å². The van der Waals surface area contributed by atoms with Crippen molar-refractivity contribution in [3.8, 4) is 5.75 Å². The number of ether oxygens (including phenoxy) is 1. The highest BCUT2D eigenvalue weighted by Crippen LogP contribution is 2.39. The summed E-state index contributed by atoms with van der Waals surface area (Å²) in [5, 5.41) is 0. The minimum atomic E-state index is -4.72. The van der Waals surface area contributed by atoms with Crippen LogP contribution in [0.5, 0.6) is 5.75 Å². The fourth-order valence-corrected chi connectivity index (χ4v) is 6.00. The number of nitrogens with zero attached hydrogens (tertiary/aromatic N) is 1. The highest BCUT2D eigenvalue weighted by molar-refractivity contribution is 14.1. The zero-order chi connectivity index (χ0) is 22.3. The van der Waals surface area contributed by atoms with E-state index >= 15 is 0 Å². The quantitative estimate of drug-likeness (QED) is 0.295. The summed E-state index contributed by atoms with van der Waals surface area (Å²) in [7, 11) is -3.19. The molecule has 0 unspecified atom stereocenters. The maximum absolute atomic E-state index is 13.3. The van der Waals surface area contributed by atoms with Crippen molar-refractivity contribution in [2.24, 2.45) is 0 Å². The average Bonchev–Trinajstić information content (AvgIpc) is 2.65. The number of hydrogen-bond acceptors (Lipinski definition) is 5. The van der Waals surface area contributed by atoms with Gasteiger partial charge < -0.3 is 4.74 Å². The zero-order valence-corrected chi connectivity index (χ0v) is 19.5. The molecule has 6 nitrogen and oxygen atoms in total. The number of alkyl halides is 4. The number of halogens is 5. The average molecular weight is 596 g/mol. The van der Waals surface area contributed by atoms with Gasteiger partial charge in [-0.3, -0.25) is 4.31 Å². The van der Waals surface area contributed by atoms with Gasteiger partial charge in [0.15, 0.2) is 0 Å². The molecular formula is C17H14ClF3INO5S2. The summed E-state index contributed by atoms with van der Waals surface area (Å²) in [6.07, 6.45) is -5.86. The molecular weight excluding hydrogens is 582 g/mol. The summed E-state index contributed by atoms with van der Waals surface area (Å²) in [6.45, 7) is -0.428. The minimum Gasteiger partial charge on any atom is -0.485 e. The Morgan fingerprint density at radius 3 is 2.43 bits per heavy atom. The highest BCUT2D eigenvalue weighted by Gasteiger charge is 2.38. The van der Waals surface area contributed by atoms with Crippen LogP contribution in [0.15, 0.2) is 47.4 Å². The number of fused-ring (bicyclic) bond motifs is 1. The van der Waals surface area contributed by atoms with Crippen molar-refractivity contribution in [3.63, 3.8) is 0 Å². The Morgan fingerprint density at radius 1 is 1.13 bits per heavy atom. The SMILES string of the molecule is O=S(=O)(Cl)C[C@H]1CN(S(=O)(=O)c2cccc(C(F)(F)F)c2)c2cc(CI)ccc2O1. The van der Waals surface area contributed by atoms with E-state index < -0.39 is 54.1 Å². The molecule has 2 aromatic carbocycles. The third-order valence-electron chi connectivity index (χ3n) is 4.24. The Hall–Kier alpha value is -1.25. The van der Waals surface area contributed by atoms with Crippen LogP contribution in [0, 0.1) is 0 Å². The fraction of sp³-hybridized carbons (Fsp3) is 0.294. The molecule has 0 fully saturated rings. The van der Waals surface area contributed by atoms with E-state index in [2.05, 4.69) is 22.6 Å². The largest absolute Gasteiger partial charge is 0.485 e. The van der Waals surface area contributed by atoms with E-state index in [-0.39, 0.29) is 11.4 Å². The lowest BCUT2D eigenvalue weighted by molar-refractivity contribution is -0.137. The van der Waals surface area contributed by atoms with E-state index in [1.165, 1.54) is 6.07 Å². The smallest absolute Gasteiger partial charge is 0.416 e. The third-order valence-corrected chi connectivity index (χ3v) is 8.05. The predicted molar refractivity (Wildman–Crippen MR) is 114 cm³/mol. The summed E-state index contributed by atoms with van der Waals surface area (Å²) in [5.74, 6) is -0.577. The molecule has 1 aliphatic rings. The first-order chi connectivity index (χ1) is 13.8. The van der Waals surface area contributed by atoms with Crippen LogP contribution in [0.1, 0.15) is 11.1 Å². The summed E-state index contributed by atoms with van der Waals surface area (Å²) < 4.78 is 95.7. The first-order valence-corrected chi connectivity index (χ1v) is 13.7. The van der Waals surface area contributed by atoms with Crippen molar-refractivity contribution in [3.05, 3.63) is 53.6 Å². The summed E-state index contributed by atoms with van der Waals surface area (Å²) in [4.78, 5) is -0.572. The topological polar surface area (TPSA) is 80.8 Å². The van der Waals surface area contributed by atoms with Gasteiger partial charge in [0.25, 0.3) is 10.0 Å². The van der Waals surface area contributed by atoms with E-state index in [1.807, 2.05) is 0 Å². The van der Waals surface area contributed by atoms with Gasteiger partial charge >= 0.3 is 6.18 Å². The van der Waals surface area contributed by atoms with Gasteiger partial charge in [-0.2, -0.15) is 13.2 Å². The summed E-state index contributed by atoms with van der Waals surface area (Å²) >= 11 is 2.07. The van der Waals surface area contributed by atoms with E-state index in [0.717, 1.165) is 28.1 Å². The molecule has 1 atom stereocenters. The van der Waals surface area contributed by atoms with Crippen LogP contribution < -0.4 is 9.04 Å². The van der Waals surface area contributed by atoms with Crippen LogP contribution in [-0.4, -0.2) is 35.2 Å². The van der Waals surface area contributed by atoms with Crippen molar-refractivity contribution >= 4 is 58.0 Å². The first kappa shape index (κ1) is 23.4. The van der Waals surface area contributed by atoms with Crippen LogP contribution in [0.2, 0.25) is 0 Å². The molecule has 3 rings (SSSR count). The van der Waals surface area contributed by atoms with Crippen molar-refractivity contribution in [2.75, 3.05) is 16.6 Å². The predicted octanol–water partition coefficient (Wildman–Crippen LogP) is 4.17. The van der Waals surface area contributed by atoms with Gasteiger partial charge in [0.1, 0.15) is 17.6 Å². The molecule has 30 heavy (non-hydrogen) atoms. The molecule has 2 aromatic rings. The number of anilines is 1. The van der Waals surface area contributed by atoms with E-state index in [1.54, 1.807) is 12.1 Å². The van der Waals surface area contributed by atoms with Gasteiger partial charge in [-0.15, -0.1) is 0 Å².